The number of benzene rings is 1. The Hall–Kier alpha value is -1.15. The molecule has 2 aromatic rings. The normalized spacial score (nSPS) is 26.4. The molecule has 0 atom stereocenters. The van der Waals surface area contributed by atoms with Crippen LogP contribution in [0.25, 0.3) is 11.3 Å². The third kappa shape index (κ3) is 5.89. The van der Waals surface area contributed by atoms with E-state index in [1.165, 1.54) is 113 Å². The van der Waals surface area contributed by atoms with Crippen LogP contribution in [-0.2, 0) is 10.8 Å². The molecule has 2 fully saturated rings. The number of fused-ring (bicyclic) bond motifs is 1. The van der Waals surface area contributed by atoms with Crippen LogP contribution in [0.2, 0.25) is 0 Å². The topological polar surface area (TPSA) is 12.9 Å². The van der Waals surface area contributed by atoms with E-state index in [0.717, 1.165) is 11.8 Å². The van der Waals surface area contributed by atoms with Crippen LogP contribution in [-0.4, -0.2) is 4.98 Å². The molecule has 0 aliphatic heterocycles. The molecule has 0 spiro atoms. The first-order chi connectivity index (χ1) is 16.8. The Balaban J connectivity index is 1.14. The van der Waals surface area contributed by atoms with Gasteiger partial charge < -0.3 is 0 Å². The van der Waals surface area contributed by atoms with Gasteiger partial charge in [-0.3, -0.25) is 0 Å². The van der Waals surface area contributed by atoms with E-state index in [-0.39, 0.29) is 10.8 Å². The molecule has 192 valence electrons. The fourth-order valence-corrected chi connectivity index (χ4v) is 8.40. The lowest BCUT2D eigenvalue weighted by Crippen LogP contribution is -2.33. The Kier molecular flexibility index (Phi) is 7.78. The van der Waals surface area contributed by atoms with Crippen LogP contribution in [0.15, 0.2) is 23.6 Å². The van der Waals surface area contributed by atoms with Gasteiger partial charge in [-0.25, -0.2) is 4.98 Å². The number of rotatable bonds is 7. The summed E-state index contributed by atoms with van der Waals surface area (Å²) >= 11 is 1.92. The first-order valence-electron chi connectivity index (χ1n) is 14.9. The average Bonchev–Trinajstić information content (AvgIpc) is 3.36. The van der Waals surface area contributed by atoms with Crippen molar-refractivity contribution < 1.29 is 0 Å². The molecule has 3 aliphatic rings. The summed E-state index contributed by atoms with van der Waals surface area (Å²) < 4.78 is 0. The molecular formula is C33H49NS. The Bertz CT molecular complexity index is 969. The minimum atomic E-state index is 0.258. The maximum absolute atomic E-state index is 5.21. The number of hydrogen-bond acceptors (Lipinski definition) is 2. The zero-order chi connectivity index (χ0) is 24.5. The molecule has 0 bridgehead atoms. The van der Waals surface area contributed by atoms with Crippen LogP contribution in [0.4, 0.5) is 0 Å². The lowest BCUT2D eigenvalue weighted by Gasteiger charge is -2.42. The van der Waals surface area contributed by atoms with E-state index >= 15 is 0 Å². The zero-order valence-electron chi connectivity index (χ0n) is 23.0. The summed E-state index contributed by atoms with van der Waals surface area (Å²) in [5, 5.41) is 3.73. The fourth-order valence-electron chi connectivity index (χ4n) is 7.40. The highest BCUT2D eigenvalue weighted by atomic mass is 32.1. The van der Waals surface area contributed by atoms with Crippen molar-refractivity contribution in [3.8, 4) is 11.3 Å². The molecule has 35 heavy (non-hydrogen) atoms. The van der Waals surface area contributed by atoms with E-state index in [2.05, 4.69) is 51.3 Å². The quantitative estimate of drug-likeness (QED) is 0.351. The molecule has 5 rings (SSSR count). The summed E-state index contributed by atoms with van der Waals surface area (Å²) in [6.45, 7) is 9.67. The molecule has 0 saturated heterocycles. The second-order valence-corrected chi connectivity index (χ2v) is 14.5. The Labute approximate surface area is 219 Å². The molecular weight excluding hydrogens is 442 g/mol. The van der Waals surface area contributed by atoms with E-state index in [1.54, 1.807) is 11.1 Å². The van der Waals surface area contributed by atoms with Crippen molar-refractivity contribution in [2.75, 3.05) is 0 Å². The first-order valence-corrected chi connectivity index (χ1v) is 15.8. The van der Waals surface area contributed by atoms with Gasteiger partial charge in [-0.05, 0) is 78.4 Å². The van der Waals surface area contributed by atoms with Gasteiger partial charge in [0.1, 0.15) is 0 Å². The van der Waals surface area contributed by atoms with Gasteiger partial charge in [0.2, 0.25) is 0 Å². The van der Waals surface area contributed by atoms with Gasteiger partial charge in [0.25, 0.3) is 0 Å². The van der Waals surface area contributed by atoms with E-state index in [0.29, 0.717) is 5.92 Å². The highest BCUT2D eigenvalue weighted by molar-refractivity contribution is 7.10. The third-order valence-corrected chi connectivity index (χ3v) is 11.1. The second kappa shape index (κ2) is 10.7. The van der Waals surface area contributed by atoms with Crippen LogP contribution in [0.3, 0.4) is 0 Å². The summed E-state index contributed by atoms with van der Waals surface area (Å²) in [6, 6.07) is 7.22. The summed E-state index contributed by atoms with van der Waals surface area (Å²) in [7, 11) is 0. The van der Waals surface area contributed by atoms with E-state index < -0.39 is 0 Å². The molecule has 0 unspecified atom stereocenters. The molecule has 0 radical (unpaired) electrons. The van der Waals surface area contributed by atoms with E-state index in [1.807, 2.05) is 11.3 Å². The summed E-state index contributed by atoms with van der Waals surface area (Å²) in [5.74, 6) is 2.73. The minimum absolute atomic E-state index is 0.258. The highest BCUT2D eigenvalue weighted by Gasteiger charge is 2.37. The minimum Gasteiger partial charge on any atom is -0.241 e. The van der Waals surface area contributed by atoms with Crippen LogP contribution in [0.5, 0.6) is 0 Å². The second-order valence-electron chi connectivity index (χ2n) is 13.6. The Morgan fingerprint density at radius 2 is 1.40 bits per heavy atom. The number of aromatic nitrogens is 1. The monoisotopic (exact) mass is 491 g/mol. The summed E-state index contributed by atoms with van der Waals surface area (Å²) in [5.41, 5.74) is 6.16. The van der Waals surface area contributed by atoms with Gasteiger partial charge in [0.15, 0.2) is 0 Å². The van der Waals surface area contributed by atoms with Crippen molar-refractivity contribution in [2.45, 2.75) is 141 Å². The Morgan fingerprint density at radius 1 is 0.771 bits per heavy atom. The zero-order valence-corrected chi connectivity index (χ0v) is 23.8. The largest absolute Gasteiger partial charge is 0.241 e. The van der Waals surface area contributed by atoms with Gasteiger partial charge in [-0.2, -0.15) is 0 Å². The smallest absolute Gasteiger partial charge is 0.0963 e. The van der Waals surface area contributed by atoms with Crippen molar-refractivity contribution >= 4 is 11.3 Å². The molecule has 0 amide bonds. The van der Waals surface area contributed by atoms with Crippen LogP contribution in [0.1, 0.15) is 146 Å². The van der Waals surface area contributed by atoms with Gasteiger partial charge in [-0.15, -0.1) is 11.3 Å². The van der Waals surface area contributed by atoms with Crippen molar-refractivity contribution in [3.63, 3.8) is 0 Å². The highest BCUT2D eigenvalue weighted by Crippen LogP contribution is 2.47. The van der Waals surface area contributed by atoms with E-state index in [4.69, 9.17) is 4.98 Å². The Morgan fingerprint density at radius 3 is 2.09 bits per heavy atom. The van der Waals surface area contributed by atoms with Gasteiger partial charge in [0, 0.05) is 16.9 Å². The van der Waals surface area contributed by atoms with Crippen molar-refractivity contribution in [1.29, 1.82) is 0 Å². The van der Waals surface area contributed by atoms with Crippen molar-refractivity contribution in [2.24, 2.45) is 11.8 Å². The number of thiazole rings is 1. The lowest BCUT2D eigenvalue weighted by atomic mass is 9.63. The van der Waals surface area contributed by atoms with Gasteiger partial charge in [0.05, 0.1) is 10.7 Å². The van der Waals surface area contributed by atoms with Crippen LogP contribution in [0, 0.1) is 11.8 Å². The number of hydrogen-bond donors (Lipinski definition) is 0. The molecule has 2 saturated carbocycles. The molecule has 3 aliphatic carbocycles. The third-order valence-electron chi connectivity index (χ3n) is 10.1. The lowest BCUT2D eigenvalue weighted by molar-refractivity contribution is 0.288. The van der Waals surface area contributed by atoms with E-state index in [9.17, 15) is 0 Å². The maximum Gasteiger partial charge on any atom is 0.0963 e. The van der Waals surface area contributed by atoms with Crippen molar-refractivity contribution in [3.05, 3.63) is 39.7 Å². The van der Waals surface area contributed by atoms with Gasteiger partial charge >= 0.3 is 0 Å². The fraction of sp³-hybridized carbons (Fsp3) is 0.727. The van der Waals surface area contributed by atoms with Crippen molar-refractivity contribution in [1.82, 2.24) is 4.98 Å². The summed E-state index contributed by atoms with van der Waals surface area (Å²) in [4.78, 5) is 5.21. The average molecular weight is 492 g/mol. The molecule has 1 aromatic carbocycles. The number of unbranched alkanes of at least 4 members (excludes halogenated alkanes) is 1. The van der Waals surface area contributed by atoms with Crippen LogP contribution < -0.4 is 0 Å². The predicted octanol–water partition coefficient (Wildman–Crippen LogP) is 10.6. The van der Waals surface area contributed by atoms with Gasteiger partial charge in [-0.1, -0.05) is 97.6 Å². The predicted molar refractivity (Wildman–Crippen MR) is 153 cm³/mol. The molecule has 2 heteroatoms. The number of nitrogens with zero attached hydrogens (tertiary/aromatic N) is 1. The molecule has 1 nitrogen and oxygen atoms in total. The van der Waals surface area contributed by atoms with Crippen LogP contribution >= 0.6 is 11.3 Å². The molecule has 1 aromatic heterocycles. The SMILES string of the molecule is CC1(C)CCC(C)(C)c2cc(-c3csc(C4CCC(CCCCC5CCCCC5)CC4)n3)ccc21. The molecule has 1 heterocycles. The standard InChI is InChI=1S/C33H49NS/c1-32(2)20-21-33(3,4)29-22-27(18-19-28(29)32)30-23-35-31(34-30)26-16-14-25(15-17-26)13-9-8-12-24-10-6-5-7-11-24/h18-19,22-26H,5-17,20-21H2,1-4H3. The first kappa shape index (κ1) is 25.5. The molecule has 0 N–H and O–H groups in total. The maximum atomic E-state index is 5.21. The summed E-state index contributed by atoms with van der Waals surface area (Å²) in [6.07, 6.45) is 21.5.